The van der Waals surface area contributed by atoms with Crippen LogP contribution in [0.1, 0.15) is 12.8 Å². The second kappa shape index (κ2) is 7.53. The van der Waals surface area contributed by atoms with Gasteiger partial charge in [-0.15, -0.1) is 0 Å². The van der Waals surface area contributed by atoms with E-state index in [0.717, 1.165) is 31.7 Å². The van der Waals surface area contributed by atoms with Crippen LogP contribution in [0.2, 0.25) is 5.02 Å². The van der Waals surface area contributed by atoms with Gasteiger partial charge in [0.25, 0.3) is 0 Å². The fourth-order valence-corrected chi connectivity index (χ4v) is 3.16. The van der Waals surface area contributed by atoms with Crippen LogP contribution in [-0.2, 0) is 0 Å². The van der Waals surface area contributed by atoms with E-state index in [1.807, 2.05) is 43.6 Å². The fraction of sp³-hybridized carbons (Fsp3) is 0.333. The number of nitrogens with zero attached hydrogens (tertiary/aromatic N) is 3. The van der Waals surface area contributed by atoms with Gasteiger partial charge in [0, 0.05) is 43.1 Å². The molecule has 5 nitrogen and oxygen atoms in total. The molecule has 0 saturated carbocycles. The number of anilines is 2. The van der Waals surface area contributed by atoms with Crippen LogP contribution in [0.4, 0.5) is 16.3 Å². The number of aromatic nitrogens is 1. The van der Waals surface area contributed by atoms with Gasteiger partial charge >= 0.3 is 6.03 Å². The Balaban J connectivity index is 1.55. The lowest BCUT2D eigenvalue weighted by molar-refractivity contribution is 0.193. The van der Waals surface area contributed by atoms with Crippen molar-refractivity contribution in [3.63, 3.8) is 0 Å². The molecule has 2 aromatic rings. The van der Waals surface area contributed by atoms with Crippen molar-refractivity contribution in [2.75, 3.05) is 30.4 Å². The second-order valence-electron chi connectivity index (χ2n) is 5.96. The third-order valence-electron chi connectivity index (χ3n) is 4.38. The van der Waals surface area contributed by atoms with E-state index in [2.05, 4.69) is 15.2 Å². The van der Waals surface area contributed by atoms with Crippen LogP contribution in [0.25, 0.3) is 0 Å². The quantitative estimate of drug-likeness (QED) is 0.919. The summed E-state index contributed by atoms with van der Waals surface area (Å²) in [5, 5.41) is 3.51. The fourth-order valence-electron chi connectivity index (χ4n) is 2.97. The summed E-state index contributed by atoms with van der Waals surface area (Å²) in [5.74, 6) is 1.00. The van der Waals surface area contributed by atoms with Crippen molar-refractivity contribution in [3.8, 4) is 0 Å². The number of halogens is 1. The van der Waals surface area contributed by atoms with Crippen LogP contribution in [0.15, 0.2) is 48.7 Å². The minimum Gasteiger partial charge on any atom is -0.356 e. The van der Waals surface area contributed by atoms with Gasteiger partial charge in [-0.2, -0.15) is 0 Å². The monoisotopic (exact) mass is 344 g/mol. The summed E-state index contributed by atoms with van der Waals surface area (Å²) < 4.78 is 0. The molecule has 0 bridgehead atoms. The van der Waals surface area contributed by atoms with E-state index in [4.69, 9.17) is 11.6 Å². The molecule has 0 unspecified atom stereocenters. The highest BCUT2D eigenvalue weighted by Gasteiger charge is 2.25. The summed E-state index contributed by atoms with van der Waals surface area (Å²) in [5.41, 5.74) is 0.713. The zero-order chi connectivity index (χ0) is 16.9. The average molecular weight is 345 g/mol. The number of amides is 2. The molecule has 3 rings (SSSR count). The van der Waals surface area contributed by atoms with Gasteiger partial charge in [-0.05, 0) is 43.2 Å². The third-order valence-corrected chi connectivity index (χ3v) is 4.62. The Bertz CT molecular complexity index is 686. The number of carbonyl (C=O) groups is 1. The predicted octanol–water partition coefficient (Wildman–Crippen LogP) is 3.87. The number of hydrogen-bond acceptors (Lipinski definition) is 3. The van der Waals surface area contributed by atoms with E-state index in [0.29, 0.717) is 10.7 Å². The summed E-state index contributed by atoms with van der Waals surface area (Å²) in [6.45, 7) is 1.80. The number of benzene rings is 1. The molecule has 0 radical (unpaired) electrons. The highest BCUT2D eigenvalue weighted by Crippen LogP contribution is 2.21. The molecule has 0 spiro atoms. The zero-order valence-electron chi connectivity index (χ0n) is 13.7. The van der Waals surface area contributed by atoms with E-state index in [1.54, 1.807) is 17.0 Å². The van der Waals surface area contributed by atoms with Gasteiger partial charge < -0.3 is 15.1 Å². The number of piperidine rings is 1. The maximum Gasteiger partial charge on any atom is 0.321 e. The SMILES string of the molecule is CN(C(=O)Nc1cccc(Cl)c1)C1CCN(c2ccccn2)CC1. The van der Waals surface area contributed by atoms with Crippen molar-refractivity contribution in [2.45, 2.75) is 18.9 Å². The topological polar surface area (TPSA) is 48.5 Å². The van der Waals surface area contributed by atoms with Gasteiger partial charge in [-0.1, -0.05) is 23.7 Å². The molecule has 126 valence electrons. The molecule has 0 aliphatic carbocycles. The molecule has 1 saturated heterocycles. The van der Waals surface area contributed by atoms with Crippen molar-refractivity contribution >= 4 is 29.1 Å². The van der Waals surface area contributed by atoms with Gasteiger partial charge in [0.05, 0.1) is 0 Å². The molecular weight excluding hydrogens is 324 g/mol. The van der Waals surface area contributed by atoms with Gasteiger partial charge in [0.2, 0.25) is 0 Å². The van der Waals surface area contributed by atoms with Gasteiger partial charge in [0.1, 0.15) is 5.82 Å². The molecule has 2 heterocycles. The number of hydrogen-bond donors (Lipinski definition) is 1. The van der Waals surface area contributed by atoms with Crippen LogP contribution in [0, 0.1) is 0 Å². The number of carbonyl (C=O) groups excluding carboxylic acids is 1. The highest BCUT2D eigenvalue weighted by molar-refractivity contribution is 6.30. The maximum atomic E-state index is 12.4. The smallest absolute Gasteiger partial charge is 0.321 e. The van der Waals surface area contributed by atoms with Crippen molar-refractivity contribution in [3.05, 3.63) is 53.7 Å². The predicted molar refractivity (Wildman–Crippen MR) is 97.7 cm³/mol. The number of nitrogens with one attached hydrogen (secondary N) is 1. The molecule has 1 N–H and O–H groups in total. The van der Waals surface area contributed by atoms with E-state index in [1.165, 1.54) is 0 Å². The van der Waals surface area contributed by atoms with Crippen LogP contribution in [0.5, 0.6) is 0 Å². The highest BCUT2D eigenvalue weighted by atomic mass is 35.5. The van der Waals surface area contributed by atoms with Gasteiger partial charge in [-0.25, -0.2) is 9.78 Å². The van der Waals surface area contributed by atoms with Gasteiger partial charge in [-0.3, -0.25) is 0 Å². The maximum absolute atomic E-state index is 12.4. The Morgan fingerprint density at radius 2 is 2.04 bits per heavy atom. The second-order valence-corrected chi connectivity index (χ2v) is 6.39. The first-order valence-corrected chi connectivity index (χ1v) is 8.46. The van der Waals surface area contributed by atoms with Crippen LogP contribution >= 0.6 is 11.6 Å². The van der Waals surface area contributed by atoms with Crippen molar-refractivity contribution < 1.29 is 4.79 Å². The standard InChI is InChI=1S/C18H21ClN4O/c1-22(18(24)21-15-6-4-5-14(19)13-15)16-8-11-23(12-9-16)17-7-2-3-10-20-17/h2-7,10,13,16H,8-9,11-12H2,1H3,(H,21,24). The van der Waals surface area contributed by atoms with Crippen LogP contribution in [0.3, 0.4) is 0 Å². The lowest BCUT2D eigenvalue weighted by Crippen LogP contribution is -2.47. The Labute approximate surface area is 147 Å². The largest absolute Gasteiger partial charge is 0.356 e. The molecule has 1 aromatic carbocycles. The molecule has 1 aromatic heterocycles. The third kappa shape index (κ3) is 3.97. The molecule has 0 atom stereocenters. The summed E-state index contributed by atoms with van der Waals surface area (Å²) >= 11 is 5.95. The molecule has 1 fully saturated rings. The molecule has 24 heavy (non-hydrogen) atoms. The Morgan fingerprint density at radius 1 is 1.25 bits per heavy atom. The number of pyridine rings is 1. The first-order valence-electron chi connectivity index (χ1n) is 8.09. The Morgan fingerprint density at radius 3 is 2.71 bits per heavy atom. The van der Waals surface area contributed by atoms with Crippen LogP contribution in [-0.4, -0.2) is 42.1 Å². The van der Waals surface area contributed by atoms with E-state index >= 15 is 0 Å². The molecule has 1 aliphatic rings. The Hall–Kier alpha value is -2.27. The van der Waals surface area contributed by atoms with E-state index in [9.17, 15) is 4.79 Å². The molecule has 2 amide bonds. The lowest BCUT2D eigenvalue weighted by Gasteiger charge is -2.37. The summed E-state index contributed by atoms with van der Waals surface area (Å²) in [4.78, 5) is 20.9. The molecule has 1 aliphatic heterocycles. The normalized spacial score (nSPS) is 15.2. The molecule has 6 heteroatoms. The first kappa shape index (κ1) is 16.6. The first-order chi connectivity index (χ1) is 11.6. The number of rotatable bonds is 3. The minimum atomic E-state index is -0.103. The summed E-state index contributed by atoms with van der Waals surface area (Å²) in [6.07, 6.45) is 3.66. The van der Waals surface area contributed by atoms with E-state index in [-0.39, 0.29) is 12.1 Å². The lowest BCUT2D eigenvalue weighted by atomic mass is 10.0. The summed E-state index contributed by atoms with van der Waals surface area (Å²) in [6, 6.07) is 13.3. The molecular formula is C18H21ClN4O. The van der Waals surface area contributed by atoms with Crippen molar-refractivity contribution in [1.82, 2.24) is 9.88 Å². The summed E-state index contributed by atoms with van der Waals surface area (Å²) in [7, 11) is 1.85. The Kier molecular flexibility index (Phi) is 5.20. The number of urea groups is 1. The van der Waals surface area contributed by atoms with Crippen LogP contribution < -0.4 is 10.2 Å². The van der Waals surface area contributed by atoms with E-state index < -0.39 is 0 Å². The van der Waals surface area contributed by atoms with Crippen molar-refractivity contribution in [2.24, 2.45) is 0 Å². The zero-order valence-corrected chi connectivity index (χ0v) is 14.4. The average Bonchev–Trinajstić information content (AvgIpc) is 2.62. The minimum absolute atomic E-state index is 0.103. The van der Waals surface area contributed by atoms with Crippen molar-refractivity contribution in [1.29, 1.82) is 0 Å². The van der Waals surface area contributed by atoms with Gasteiger partial charge in [0.15, 0.2) is 0 Å².